The van der Waals surface area contributed by atoms with Gasteiger partial charge in [0, 0.05) is 5.92 Å². The lowest BCUT2D eigenvalue weighted by Crippen LogP contribution is -2.32. The number of methoxy groups -OCH3 is 1. The molecule has 1 heterocycles. The lowest BCUT2D eigenvalue weighted by molar-refractivity contribution is 0.0600. The van der Waals surface area contributed by atoms with Crippen molar-refractivity contribution in [1.29, 1.82) is 10.5 Å². The molecular formula is C21H24N4O2S2. The molecule has 1 aliphatic heterocycles. The van der Waals surface area contributed by atoms with E-state index in [0.29, 0.717) is 5.56 Å². The third kappa shape index (κ3) is 2.77. The summed E-state index contributed by atoms with van der Waals surface area (Å²) >= 11 is 3.24. The molecule has 0 aromatic heterocycles. The molecule has 1 fully saturated rings. The number of amidine groups is 1. The number of nitrogens with zero attached hydrogens (tertiary/aromatic N) is 3. The maximum absolute atomic E-state index is 11.8. The Morgan fingerprint density at radius 2 is 1.76 bits per heavy atom. The number of thioether (sulfide) groups is 2. The van der Waals surface area contributed by atoms with E-state index in [1.807, 2.05) is 0 Å². The molecule has 29 heavy (non-hydrogen) atoms. The molecule has 3 unspecified atom stereocenters. The van der Waals surface area contributed by atoms with Crippen LogP contribution in [0.5, 0.6) is 0 Å². The number of hydrogen-bond acceptors (Lipinski definition) is 8. The SMILES string of the molecule is CCCSC1(SCCC)N=C(N)C2(C#N)C(c3ccc(C(=O)OC)cc3)C12C#N. The van der Waals surface area contributed by atoms with Gasteiger partial charge >= 0.3 is 5.97 Å². The van der Waals surface area contributed by atoms with Crippen LogP contribution in [-0.2, 0) is 4.74 Å². The molecule has 152 valence electrons. The normalized spacial score (nSPS) is 28.6. The first-order valence-electron chi connectivity index (χ1n) is 9.59. The van der Waals surface area contributed by atoms with Gasteiger partial charge in [0.2, 0.25) is 0 Å². The number of benzene rings is 1. The highest BCUT2D eigenvalue weighted by atomic mass is 32.2. The monoisotopic (exact) mass is 428 g/mol. The first-order chi connectivity index (χ1) is 13.9. The van der Waals surface area contributed by atoms with E-state index in [1.165, 1.54) is 7.11 Å². The summed E-state index contributed by atoms with van der Waals surface area (Å²) in [5, 5.41) is 20.6. The fourth-order valence-electron chi connectivity index (χ4n) is 4.27. The van der Waals surface area contributed by atoms with Gasteiger partial charge < -0.3 is 10.5 Å². The molecule has 6 nitrogen and oxygen atoms in total. The summed E-state index contributed by atoms with van der Waals surface area (Å²) in [5.41, 5.74) is 5.41. The largest absolute Gasteiger partial charge is 0.465 e. The number of hydrogen-bond donors (Lipinski definition) is 1. The third-order valence-electron chi connectivity index (χ3n) is 5.60. The van der Waals surface area contributed by atoms with Crippen LogP contribution in [0.25, 0.3) is 0 Å². The van der Waals surface area contributed by atoms with Gasteiger partial charge in [-0.3, -0.25) is 0 Å². The van der Waals surface area contributed by atoms with Crippen molar-refractivity contribution >= 4 is 35.3 Å². The van der Waals surface area contributed by atoms with Crippen LogP contribution in [0.4, 0.5) is 0 Å². The third-order valence-corrected chi connectivity index (χ3v) is 9.14. The first kappa shape index (κ1) is 21.5. The van der Waals surface area contributed by atoms with E-state index < -0.39 is 21.0 Å². The molecule has 0 radical (unpaired) electrons. The lowest BCUT2D eigenvalue weighted by Gasteiger charge is -2.32. The minimum absolute atomic E-state index is 0.246. The lowest BCUT2D eigenvalue weighted by atomic mass is 9.97. The molecule has 1 aromatic carbocycles. The average Bonchev–Trinajstić information content (AvgIpc) is 3.33. The Morgan fingerprint density at radius 3 is 2.21 bits per heavy atom. The number of carbonyl (C=O) groups excluding carboxylic acids is 1. The van der Waals surface area contributed by atoms with Crippen molar-refractivity contribution in [1.82, 2.24) is 0 Å². The van der Waals surface area contributed by atoms with Crippen molar-refractivity contribution in [2.45, 2.75) is 36.8 Å². The van der Waals surface area contributed by atoms with Gasteiger partial charge in [0.05, 0.1) is 24.8 Å². The second-order valence-electron chi connectivity index (χ2n) is 7.16. The number of rotatable bonds is 8. The van der Waals surface area contributed by atoms with Crippen LogP contribution in [0.3, 0.4) is 0 Å². The molecular weight excluding hydrogens is 404 g/mol. The van der Waals surface area contributed by atoms with Crippen molar-refractivity contribution in [3.8, 4) is 12.1 Å². The molecule has 1 aliphatic carbocycles. The van der Waals surface area contributed by atoms with Crippen LogP contribution in [0, 0.1) is 33.5 Å². The Bertz CT molecular complexity index is 910. The Hall–Kier alpha value is -2.16. The van der Waals surface area contributed by atoms with Crippen LogP contribution in [0.2, 0.25) is 0 Å². The highest BCUT2D eigenvalue weighted by Crippen LogP contribution is 2.85. The van der Waals surface area contributed by atoms with Crippen molar-refractivity contribution < 1.29 is 9.53 Å². The van der Waals surface area contributed by atoms with Gasteiger partial charge in [-0.05, 0) is 42.0 Å². The summed E-state index contributed by atoms with van der Waals surface area (Å²) in [4.78, 5) is 16.5. The molecule has 0 amide bonds. The summed E-state index contributed by atoms with van der Waals surface area (Å²) in [7, 11) is 1.33. The van der Waals surface area contributed by atoms with Crippen LogP contribution >= 0.6 is 23.5 Å². The second kappa shape index (κ2) is 7.93. The predicted molar refractivity (Wildman–Crippen MR) is 116 cm³/mol. The van der Waals surface area contributed by atoms with E-state index in [0.717, 1.165) is 29.9 Å². The molecule has 0 spiro atoms. The van der Waals surface area contributed by atoms with E-state index in [9.17, 15) is 15.3 Å². The van der Waals surface area contributed by atoms with Crippen LogP contribution in [-0.4, -0.2) is 34.6 Å². The summed E-state index contributed by atoms with van der Waals surface area (Å²) in [6.07, 6.45) is 1.88. The van der Waals surface area contributed by atoms with Crippen LogP contribution in [0.1, 0.15) is 48.5 Å². The number of fused-ring (bicyclic) bond motifs is 1. The van der Waals surface area contributed by atoms with E-state index in [1.54, 1.807) is 47.8 Å². The quantitative estimate of drug-likeness (QED) is 0.493. The average molecular weight is 429 g/mol. The molecule has 1 saturated carbocycles. The Kier molecular flexibility index (Phi) is 5.89. The second-order valence-corrected chi connectivity index (χ2v) is 10.00. The fourth-order valence-corrected chi connectivity index (χ4v) is 7.49. The molecule has 2 N–H and O–H groups in total. The van der Waals surface area contributed by atoms with Crippen molar-refractivity contribution in [3.63, 3.8) is 0 Å². The molecule has 3 atom stereocenters. The molecule has 8 heteroatoms. The Morgan fingerprint density at radius 1 is 1.17 bits per heavy atom. The number of esters is 1. The van der Waals surface area contributed by atoms with Gasteiger partial charge in [-0.25, -0.2) is 9.79 Å². The Balaban J connectivity index is 2.10. The van der Waals surface area contributed by atoms with Crippen molar-refractivity contribution in [2.24, 2.45) is 21.6 Å². The topological polar surface area (TPSA) is 112 Å². The number of nitriles is 2. The molecule has 3 rings (SSSR count). The van der Waals surface area contributed by atoms with Crippen LogP contribution < -0.4 is 5.73 Å². The number of ether oxygens (including phenoxy) is 1. The predicted octanol–water partition coefficient (Wildman–Crippen LogP) is 3.90. The molecule has 0 bridgehead atoms. The minimum atomic E-state index is -1.14. The van der Waals surface area contributed by atoms with E-state index in [-0.39, 0.29) is 11.8 Å². The zero-order valence-corrected chi connectivity index (χ0v) is 18.4. The van der Waals surface area contributed by atoms with E-state index in [4.69, 9.17) is 15.5 Å². The maximum atomic E-state index is 11.8. The molecule has 1 aromatic rings. The van der Waals surface area contributed by atoms with Gasteiger partial charge in [0.25, 0.3) is 0 Å². The van der Waals surface area contributed by atoms with Crippen molar-refractivity contribution in [2.75, 3.05) is 18.6 Å². The summed E-state index contributed by atoms with van der Waals surface area (Å²) in [6.45, 7) is 4.17. The fraction of sp³-hybridized carbons (Fsp3) is 0.524. The summed E-state index contributed by atoms with van der Waals surface area (Å²) in [5.74, 6) is 1.09. The van der Waals surface area contributed by atoms with E-state index >= 15 is 0 Å². The summed E-state index contributed by atoms with van der Waals surface area (Å²) < 4.78 is 3.95. The number of carbonyl (C=O) groups is 1. The van der Waals surface area contributed by atoms with Crippen LogP contribution in [0.15, 0.2) is 29.3 Å². The zero-order chi connectivity index (χ0) is 21.3. The highest BCUT2D eigenvalue weighted by Gasteiger charge is 2.91. The highest BCUT2D eigenvalue weighted by molar-refractivity contribution is 8.18. The minimum Gasteiger partial charge on any atom is -0.465 e. The summed E-state index contributed by atoms with van der Waals surface area (Å²) in [6, 6.07) is 11.8. The molecule has 0 saturated heterocycles. The zero-order valence-electron chi connectivity index (χ0n) is 16.8. The van der Waals surface area contributed by atoms with E-state index in [2.05, 4.69) is 26.0 Å². The first-order valence-corrected chi connectivity index (χ1v) is 11.6. The smallest absolute Gasteiger partial charge is 0.337 e. The van der Waals surface area contributed by atoms with Gasteiger partial charge in [0.15, 0.2) is 4.20 Å². The maximum Gasteiger partial charge on any atom is 0.337 e. The van der Waals surface area contributed by atoms with Gasteiger partial charge in [-0.1, -0.05) is 26.0 Å². The number of nitrogens with two attached hydrogens (primary N) is 1. The van der Waals surface area contributed by atoms with Crippen molar-refractivity contribution in [3.05, 3.63) is 35.4 Å². The molecule has 2 aliphatic rings. The standard InChI is InChI=1S/C21H24N4O2S2/c1-4-10-28-21(29-11-5-2)20(13-23)16(19(20,12-22)18(24)25-21)14-6-8-15(9-7-14)17(26)27-3/h6-9,16H,4-5,10-11H2,1-3H3,(H2,24,25). The van der Waals surface area contributed by atoms with Gasteiger partial charge in [-0.2, -0.15) is 10.5 Å². The van der Waals surface area contributed by atoms with Gasteiger partial charge in [0.1, 0.15) is 16.7 Å². The Labute approximate surface area is 179 Å². The number of aliphatic imine (C=N–C) groups is 1. The van der Waals surface area contributed by atoms with Gasteiger partial charge in [-0.15, -0.1) is 23.5 Å².